The summed E-state index contributed by atoms with van der Waals surface area (Å²) in [5.74, 6) is -0.430. The third kappa shape index (κ3) is 2.48. The molecule has 1 aromatic carbocycles. The Morgan fingerprint density at radius 1 is 1.17 bits per heavy atom. The molecule has 0 radical (unpaired) electrons. The highest BCUT2D eigenvalue weighted by Gasteiger charge is 2.15. The van der Waals surface area contributed by atoms with Crippen molar-refractivity contribution < 1.29 is 4.79 Å². The fourth-order valence-corrected chi connectivity index (χ4v) is 3.18. The molecule has 4 rings (SSSR count). The van der Waals surface area contributed by atoms with Crippen LogP contribution in [-0.4, -0.2) is 15.3 Å². The number of amides is 1. The number of rotatable bonds is 2. The van der Waals surface area contributed by atoms with Gasteiger partial charge >= 0.3 is 0 Å². The number of hydrogen-bond acceptors (Lipinski definition) is 3. The molecule has 0 bridgehead atoms. The van der Waals surface area contributed by atoms with E-state index in [0.29, 0.717) is 11.3 Å². The number of aromatic nitrogens is 2. The van der Waals surface area contributed by atoms with Gasteiger partial charge in [-0.1, -0.05) is 6.07 Å². The topological polar surface area (TPSA) is 63.5 Å². The van der Waals surface area contributed by atoms with Crippen molar-refractivity contribution in [1.29, 1.82) is 0 Å². The molecular formula is C19H17N3O2. The van der Waals surface area contributed by atoms with E-state index in [1.54, 1.807) is 6.20 Å². The Labute approximate surface area is 139 Å². The molecule has 24 heavy (non-hydrogen) atoms. The van der Waals surface area contributed by atoms with Crippen molar-refractivity contribution in [2.45, 2.75) is 26.2 Å². The van der Waals surface area contributed by atoms with Crippen LogP contribution in [0.5, 0.6) is 0 Å². The zero-order valence-corrected chi connectivity index (χ0v) is 13.4. The van der Waals surface area contributed by atoms with Crippen LogP contribution in [0.2, 0.25) is 0 Å². The standard InChI is InChI=1S/C19H17N3O2/c1-12-7-8-22-17(9-12)20-11-16(19(22)24)18(23)21-15-6-5-13-3-2-4-14(13)10-15/h5-11H,2-4H2,1H3,(H,21,23). The summed E-state index contributed by atoms with van der Waals surface area (Å²) in [6, 6.07) is 9.56. The Kier molecular flexibility index (Phi) is 3.41. The smallest absolute Gasteiger partial charge is 0.270 e. The lowest BCUT2D eigenvalue weighted by Gasteiger charge is -2.08. The molecule has 0 unspecified atom stereocenters. The quantitative estimate of drug-likeness (QED) is 0.790. The van der Waals surface area contributed by atoms with Gasteiger partial charge in [-0.15, -0.1) is 0 Å². The van der Waals surface area contributed by atoms with E-state index in [1.165, 1.54) is 21.7 Å². The van der Waals surface area contributed by atoms with Crippen LogP contribution >= 0.6 is 0 Å². The second-order valence-electron chi connectivity index (χ2n) is 6.20. The number of carbonyl (C=O) groups excluding carboxylic acids is 1. The molecule has 1 aliphatic carbocycles. The van der Waals surface area contributed by atoms with E-state index in [1.807, 2.05) is 37.3 Å². The number of nitrogens with zero attached hydrogens (tertiary/aromatic N) is 2. The lowest BCUT2D eigenvalue weighted by Crippen LogP contribution is -2.26. The van der Waals surface area contributed by atoms with Crippen LogP contribution in [0.1, 0.15) is 33.5 Å². The van der Waals surface area contributed by atoms with Crippen molar-refractivity contribution in [3.8, 4) is 0 Å². The summed E-state index contributed by atoms with van der Waals surface area (Å²) in [5, 5.41) is 2.81. The number of fused-ring (bicyclic) bond motifs is 2. The van der Waals surface area contributed by atoms with Gasteiger partial charge in [0.1, 0.15) is 11.2 Å². The summed E-state index contributed by atoms with van der Waals surface area (Å²) in [5.41, 5.74) is 4.56. The first kappa shape index (κ1) is 14.6. The Balaban J connectivity index is 1.67. The predicted octanol–water partition coefficient (Wildman–Crippen LogP) is 2.74. The lowest BCUT2D eigenvalue weighted by molar-refractivity contribution is 0.102. The summed E-state index contributed by atoms with van der Waals surface area (Å²) in [6.07, 6.45) is 6.28. The van der Waals surface area contributed by atoms with Crippen molar-refractivity contribution >= 4 is 17.2 Å². The third-order valence-corrected chi connectivity index (χ3v) is 4.47. The van der Waals surface area contributed by atoms with Gasteiger partial charge < -0.3 is 5.32 Å². The zero-order valence-electron chi connectivity index (χ0n) is 13.4. The highest BCUT2D eigenvalue weighted by atomic mass is 16.2. The molecule has 0 saturated carbocycles. The Morgan fingerprint density at radius 3 is 2.88 bits per heavy atom. The molecular weight excluding hydrogens is 302 g/mol. The third-order valence-electron chi connectivity index (χ3n) is 4.47. The van der Waals surface area contributed by atoms with Crippen LogP contribution in [0.3, 0.4) is 0 Å². The molecule has 0 atom stereocenters. The molecule has 2 heterocycles. The number of aryl methyl sites for hydroxylation is 3. The van der Waals surface area contributed by atoms with Crippen LogP contribution in [0.4, 0.5) is 5.69 Å². The summed E-state index contributed by atoms with van der Waals surface area (Å²) in [4.78, 5) is 29.2. The molecule has 0 aliphatic heterocycles. The number of pyridine rings is 1. The van der Waals surface area contributed by atoms with Gasteiger partial charge in [-0.3, -0.25) is 14.0 Å². The number of carbonyl (C=O) groups is 1. The van der Waals surface area contributed by atoms with Crippen LogP contribution in [0.15, 0.2) is 47.5 Å². The van der Waals surface area contributed by atoms with Crippen molar-refractivity contribution in [2.24, 2.45) is 0 Å². The summed E-state index contributed by atoms with van der Waals surface area (Å²) < 4.78 is 1.39. The molecule has 0 fully saturated rings. The first-order valence-corrected chi connectivity index (χ1v) is 8.03. The van der Waals surface area contributed by atoms with Crippen LogP contribution < -0.4 is 10.9 Å². The minimum absolute atomic E-state index is 0.0388. The molecule has 3 aromatic rings. The molecule has 0 spiro atoms. The van der Waals surface area contributed by atoms with E-state index in [9.17, 15) is 9.59 Å². The Hall–Kier alpha value is -2.95. The average Bonchev–Trinajstić information content (AvgIpc) is 3.02. The van der Waals surface area contributed by atoms with Crippen molar-refractivity contribution in [3.63, 3.8) is 0 Å². The maximum Gasteiger partial charge on any atom is 0.270 e. The van der Waals surface area contributed by atoms with Gasteiger partial charge in [0.15, 0.2) is 0 Å². The van der Waals surface area contributed by atoms with E-state index >= 15 is 0 Å². The maximum atomic E-state index is 12.5. The summed E-state index contributed by atoms with van der Waals surface area (Å²) in [6.45, 7) is 1.93. The second-order valence-corrected chi connectivity index (χ2v) is 6.20. The van der Waals surface area contributed by atoms with Gasteiger partial charge in [0, 0.05) is 18.1 Å². The van der Waals surface area contributed by atoms with Gasteiger partial charge in [0.2, 0.25) is 0 Å². The normalized spacial score (nSPS) is 13.0. The van der Waals surface area contributed by atoms with Crippen molar-refractivity contribution in [2.75, 3.05) is 5.32 Å². The molecule has 5 heteroatoms. The Bertz CT molecular complexity index is 1020. The van der Waals surface area contributed by atoms with Gasteiger partial charge in [-0.2, -0.15) is 0 Å². The minimum Gasteiger partial charge on any atom is -0.322 e. The van der Waals surface area contributed by atoms with Gasteiger partial charge in [-0.25, -0.2) is 4.98 Å². The highest BCUT2D eigenvalue weighted by molar-refractivity contribution is 6.04. The van der Waals surface area contributed by atoms with Crippen molar-refractivity contribution in [3.05, 3.63) is 75.3 Å². The van der Waals surface area contributed by atoms with E-state index in [-0.39, 0.29) is 11.1 Å². The molecule has 0 saturated heterocycles. The number of anilines is 1. The highest BCUT2D eigenvalue weighted by Crippen LogP contribution is 2.25. The minimum atomic E-state index is -0.430. The van der Waals surface area contributed by atoms with Gasteiger partial charge in [-0.05, 0) is 67.1 Å². The van der Waals surface area contributed by atoms with Crippen molar-refractivity contribution in [1.82, 2.24) is 9.38 Å². The van der Waals surface area contributed by atoms with E-state index in [2.05, 4.69) is 10.3 Å². The molecule has 5 nitrogen and oxygen atoms in total. The molecule has 2 aromatic heterocycles. The van der Waals surface area contributed by atoms with Gasteiger partial charge in [0.25, 0.3) is 11.5 Å². The zero-order chi connectivity index (χ0) is 16.7. The largest absolute Gasteiger partial charge is 0.322 e. The van der Waals surface area contributed by atoms with Crippen LogP contribution in [0, 0.1) is 6.92 Å². The van der Waals surface area contributed by atoms with E-state index in [0.717, 1.165) is 24.8 Å². The predicted molar refractivity (Wildman–Crippen MR) is 92.6 cm³/mol. The SMILES string of the molecule is Cc1ccn2c(=O)c(C(=O)Nc3ccc4c(c3)CCC4)cnc2c1. The second kappa shape index (κ2) is 5.60. The monoisotopic (exact) mass is 319 g/mol. The first-order valence-electron chi connectivity index (χ1n) is 8.03. The van der Waals surface area contributed by atoms with Crippen LogP contribution in [0.25, 0.3) is 5.65 Å². The summed E-state index contributed by atoms with van der Waals surface area (Å²) >= 11 is 0. The van der Waals surface area contributed by atoms with Crippen LogP contribution in [-0.2, 0) is 12.8 Å². The molecule has 120 valence electrons. The lowest BCUT2D eigenvalue weighted by atomic mass is 10.1. The fraction of sp³-hybridized carbons (Fsp3) is 0.211. The fourth-order valence-electron chi connectivity index (χ4n) is 3.18. The summed E-state index contributed by atoms with van der Waals surface area (Å²) in [7, 11) is 0. The Morgan fingerprint density at radius 2 is 2.00 bits per heavy atom. The average molecular weight is 319 g/mol. The van der Waals surface area contributed by atoms with E-state index in [4.69, 9.17) is 0 Å². The molecule has 1 aliphatic rings. The maximum absolute atomic E-state index is 12.5. The first-order chi connectivity index (χ1) is 11.6. The number of hydrogen-bond donors (Lipinski definition) is 1. The number of nitrogens with one attached hydrogen (secondary N) is 1. The number of benzene rings is 1. The molecule has 1 N–H and O–H groups in total. The van der Waals surface area contributed by atoms with Gasteiger partial charge in [0.05, 0.1) is 0 Å². The molecule has 1 amide bonds. The van der Waals surface area contributed by atoms with E-state index < -0.39 is 5.91 Å².